The van der Waals surface area contributed by atoms with Crippen LogP contribution in [0.25, 0.3) is 21.7 Å². The molecule has 0 radical (unpaired) electrons. The topological polar surface area (TPSA) is 41.0 Å². The Morgan fingerprint density at radius 1 is 1.19 bits per heavy atom. The van der Waals surface area contributed by atoms with Crippen LogP contribution >= 0.6 is 15.9 Å². The zero-order valence-corrected chi connectivity index (χ0v) is 17.0. The van der Waals surface area contributed by atoms with Gasteiger partial charge in [-0.3, -0.25) is 4.40 Å². The molecule has 3 heterocycles. The summed E-state index contributed by atoms with van der Waals surface area (Å²) in [7, 11) is 4.30. The van der Waals surface area contributed by atoms with Gasteiger partial charge in [0.05, 0.1) is 16.7 Å². The third-order valence-electron chi connectivity index (χ3n) is 5.22. The van der Waals surface area contributed by atoms with Crippen LogP contribution in [0, 0.1) is 6.57 Å². The van der Waals surface area contributed by atoms with Gasteiger partial charge < -0.3 is 9.80 Å². The number of hydrogen-bond donors (Lipinski definition) is 0. The molecule has 3 aromatic rings. The standard InChI is InChI=1S/C20H21BrN6/c1-22-15-6-4-14(5-7-15)18-17(21)19-23-10-13-27(19)20(24-18)26-11-8-16(9-12-26)25(2)3/h4-7,10,13,16H,8-9,11-12H2,2-3H3. The first-order chi connectivity index (χ1) is 13.1. The van der Waals surface area contributed by atoms with Crippen LogP contribution in [0.4, 0.5) is 11.6 Å². The van der Waals surface area contributed by atoms with Crippen LogP contribution < -0.4 is 4.90 Å². The molecule has 4 rings (SSSR count). The van der Waals surface area contributed by atoms with Crippen LogP contribution in [0.5, 0.6) is 0 Å². The summed E-state index contributed by atoms with van der Waals surface area (Å²) in [5, 5.41) is 0. The second-order valence-corrected chi connectivity index (χ2v) is 7.83. The molecule has 0 spiro atoms. The van der Waals surface area contributed by atoms with E-state index in [9.17, 15) is 0 Å². The molecule has 0 N–H and O–H groups in total. The zero-order chi connectivity index (χ0) is 19.0. The van der Waals surface area contributed by atoms with Crippen molar-refractivity contribution in [2.75, 3.05) is 32.1 Å². The zero-order valence-electron chi connectivity index (χ0n) is 15.4. The van der Waals surface area contributed by atoms with E-state index in [2.05, 4.69) is 54.1 Å². The smallest absolute Gasteiger partial charge is 0.211 e. The van der Waals surface area contributed by atoms with E-state index in [0.717, 1.165) is 53.3 Å². The molecule has 1 saturated heterocycles. The Morgan fingerprint density at radius 2 is 1.89 bits per heavy atom. The number of hydrogen-bond acceptors (Lipinski definition) is 4. The summed E-state index contributed by atoms with van der Waals surface area (Å²) in [5.41, 5.74) is 3.32. The maximum atomic E-state index is 7.14. The monoisotopic (exact) mass is 424 g/mol. The maximum absolute atomic E-state index is 7.14. The van der Waals surface area contributed by atoms with E-state index >= 15 is 0 Å². The van der Waals surface area contributed by atoms with Gasteiger partial charge in [-0.25, -0.2) is 14.8 Å². The molecule has 0 amide bonds. The number of fused-ring (bicyclic) bond motifs is 1. The summed E-state index contributed by atoms with van der Waals surface area (Å²) in [6.07, 6.45) is 6.02. The highest BCUT2D eigenvalue weighted by Gasteiger charge is 2.24. The first kappa shape index (κ1) is 18.0. The fourth-order valence-electron chi connectivity index (χ4n) is 3.63. The van der Waals surface area contributed by atoms with Gasteiger partial charge in [0.2, 0.25) is 5.95 Å². The molecule has 0 unspecified atom stereocenters. The molecule has 0 saturated carbocycles. The number of anilines is 1. The number of benzene rings is 1. The summed E-state index contributed by atoms with van der Waals surface area (Å²) in [6.45, 7) is 9.09. The van der Waals surface area contributed by atoms with Crippen LogP contribution in [-0.4, -0.2) is 52.5 Å². The molecule has 138 valence electrons. The first-order valence-corrected chi connectivity index (χ1v) is 9.79. The molecule has 0 aliphatic carbocycles. The van der Waals surface area contributed by atoms with Gasteiger partial charge in [0.15, 0.2) is 11.3 Å². The lowest BCUT2D eigenvalue weighted by Crippen LogP contribution is -2.42. The molecular weight excluding hydrogens is 404 g/mol. The fraction of sp³-hybridized carbons (Fsp3) is 0.350. The highest BCUT2D eigenvalue weighted by molar-refractivity contribution is 9.10. The molecule has 0 atom stereocenters. The molecule has 27 heavy (non-hydrogen) atoms. The second kappa shape index (κ2) is 7.29. The van der Waals surface area contributed by atoms with Crippen molar-refractivity contribution < 1.29 is 0 Å². The average molecular weight is 425 g/mol. The Bertz CT molecular complexity index is 994. The number of nitrogens with zero attached hydrogens (tertiary/aromatic N) is 6. The highest BCUT2D eigenvalue weighted by Crippen LogP contribution is 2.34. The Morgan fingerprint density at radius 3 is 2.52 bits per heavy atom. The molecule has 0 bridgehead atoms. The van der Waals surface area contributed by atoms with Gasteiger partial charge in [-0.1, -0.05) is 24.3 Å². The fourth-order valence-corrected chi connectivity index (χ4v) is 4.24. The van der Waals surface area contributed by atoms with Crippen molar-refractivity contribution in [3.63, 3.8) is 0 Å². The van der Waals surface area contributed by atoms with Crippen molar-refractivity contribution in [2.45, 2.75) is 18.9 Å². The second-order valence-electron chi connectivity index (χ2n) is 7.04. The molecule has 1 fully saturated rings. The van der Waals surface area contributed by atoms with Gasteiger partial charge in [-0.2, -0.15) is 0 Å². The van der Waals surface area contributed by atoms with Gasteiger partial charge in [0, 0.05) is 31.5 Å². The predicted octanol–water partition coefficient (Wildman–Crippen LogP) is 4.24. The van der Waals surface area contributed by atoms with E-state index < -0.39 is 0 Å². The summed E-state index contributed by atoms with van der Waals surface area (Å²) in [5.74, 6) is 0.923. The van der Waals surface area contributed by atoms with Crippen molar-refractivity contribution in [3.8, 4) is 11.3 Å². The van der Waals surface area contributed by atoms with E-state index in [1.807, 2.05) is 36.7 Å². The van der Waals surface area contributed by atoms with Crippen LogP contribution in [0.15, 0.2) is 41.1 Å². The quantitative estimate of drug-likeness (QED) is 0.589. The van der Waals surface area contributed by atoms with E-state index in [-0.39, 0.29) is 0 Å². The third kappa shape index (κ3) is 3.31. The number of halogens is 1. The largest absolute Gasteiger partial charge is 0.342 e. The number of piperidine rings is 1. The highest BCUT2D eigenvalue weighted by atomic mass is 79.9. The van der Waals surface area contributed by atoms with Crippen molar-refractivity contribution in [1.29, 1.82) is 0 Å². The van der Waals surface area contributed by atoms with E-state index in [1.165, 1.54) is 0 Å². The van der Waals surface area contributed by atoms with Gasteiger partial charge >= 0.3 is 0 Å². The van der Waals surface area contributed by atoms with Crippen molar-refractivity contribution >= 4 is 33.2 Å². The lowest BCUT2D eigenvalue weighted by molar-refractivity contribution is 0.249. The molecule has 1 aliphatic rings. The van der Waals surface area contributed by atoms with Crippen molar-refractivity contribution in [3.05, 3.63) is 52.5 Å². The normalized spacial score (nSPS) is 15.4. The lowest BCUT2D eigenvalue weighted by Gasteiger charge is -2.36. The first-order valence-electron chi connectivity index (χ1n) is 9.00. The number of rotatable bonds is 3. The minimum atomic E-state index is 0.621. The maximum Gasteiger partial charge on any atom is 0.211 e. The summed E-state index contributed by atoms with van der Waals surface area (Å²) < 4.78 is 2.92. The van der Waals surface area contributed by atoms with Gasteiger partial charge in [0.1, 0.15) is 0 Å². The summed E-state index contributed by atoms with van der Waals surface area (Å²) in [6, 6.07) is 8.17. The van der Waals surface area contributed by atoms with Crippen LogP contribution in [0.1, 0.15) is 12.8 Å². The molecular formula is C20H21BrN6. The third-order valence-corrected chi connectivity index (χ3v) is 5.95. The van der Waals surface area contributed by atoms with Crippen molar-refractivity contribution in [1.82, 2.24) is 19.3 Å². The summed E-state index contributed by atoms with van der Waals surface area (Å²) in [4.78, 5) is 17.7. The van der Waals surface area contributed by atoms with E-state index in [1.54, 1.807) is 0 Å². The minimum Gasteiger partial charge on any atom is -0.342 e. The van der Waals surface area contributed by atoms with Gasteiger partial charge in [-0.15, -0.1) is 0 Å². The van der Waals surface area contributed by atoms with Crippen LogP contribution in [0.3, 0.4) is 0 Å². The Kier molecular flexibility index (Phi) is 4.85. The predicted molar refractivity (Wildman–Crippen MR) is 111 cm³/mol. The number of imidazole rings is 1. The SMILES string of the molecule is [C-]#[N+]c1ccc(-c2nc(N3CCC(N(C)C)CC3)n3ccnc3c2Br)cc1. The molecule has 6 nitrogen and oxygen atoms in total. The minimum absolute atomic E-state index is 0.621. The average Bonchev–Trinajstić information content (AvgIpc) is 3.19. The van der Waals surface area contributed by atoms with E-state index in [4.69, 9.17) is 11.6 Å². The van der Waals surface area contributed by atoms with Gasteiger partial charge in [0.25, 0.3) is 0 Å². The van der Waals surface area contributed by atoms with Gasteiger partial charge in [-0.05, 0) is 48.4 Å². The molecule has 2 aromatic heterocycles. The Hall–Kier alpha value is -2.43. The molecule has 1 aliphatic heterocycles. The number of aromatic nitrogens is 3. The van der Waals surface area contributed by atoms with E-state index in [0.29, 0.717) is 11.7 Å². The molecule has 7 heteroatoms. The Balaban J connectivity index is 1.76. The lowest BCUT2D eigenvalue weighted by atomic mass is 10.0. The molecule has 1 aromatic carbocycles. The van der Waals surface area contributed by atoms with Crippen LogP contribution in [0.2, 0.25) is 0 Å². The van der Waals surface area contributed by atoms with Crippen LogP contribution in [-0.2, 0) is 0 Å². The Labute approximate surface area is 167 Å². The summed E-state index contributed by atoms with van der Waals surface area (Å²) >= 11 is 3.69. The van der Waals surface area contributed by atoms with Crippen molar-refractivity contribution in [2.24, 2.45) is 0 Å².